The minimum Gasteiger partial charge on any atom is -0.396 e. The maximum absolute atomic E-state index is 11.3. The Balaban J connectivity index is 3.01. The van der Waals surface area contributed by atoms with Gasteiger partial charge in [0, 0.05) is 12.3 Å². The number of unbranched alkanes of at least 4 members (excludes halogenated alkanes) is 9. The first-order valence-corrected chi connectivity index (χ1v) is 8.97. The molecule has 1 unspecified atom stereocenters. The smallest absolute Gasteiger partial charge is 0.0741 e. The van der Waals surface area contributed by atoms with Crippen LogP contribution >= 0.6 is 7.80 Å². The Labute approximate surface area is 108 Å². The number of hydrogen-bond acceptors (Lipinski definition) is 2. The Morgan fingerprint density at radius 1 is 0.765 bits per heavy atom. The lowest BCUT2D eigenvalue weighted by Crippen LogP contribution is -1.89. The van der Waals surface area contributed by atoms with E-state index < -0.39 is 7.80 Å². The van der Waals surface area contributed by atoms with E-state index in [1.165, 1.54) is 57.8 Å². The Morgan fingerprint density at radius 2 is 1.24 bits per heavy atom. The Bertz CT molecular complexity index is 172. The van der Waals surface area contributed by atoms with Crippen molar-refractivity contribution in [2.75, 3.05) is 18.9 Å². The van der Waals surface area contributed by atoms with Crippen molar-refractivity contribution in [2.45, 2.75) is 71.1 Å². The molecule has 0 aromatic carbocycles. The Hall–Kier alpha value is 0.0600. The van der Waals surface area contributed by atoms with Crippen LogP contribution < -0.4 is 0 Å². The van der Waals surface area contributed by atoms with Crippen molar-refractivity contribution < 1.29 is 9.67 Å². The highest BCUT2D eigenvalue weighted by Crippen LogP contribution is 2.22. The lowest BCUT2D eigenvalue weighted by Gasteiger charge is -2.02. The van der Waals surface area contributed by atoms with Gasteiger partial charge in [-0.15, -0.1) is 0 Å². The van der Waals surface area contributed by atoms with Crippen molar-refractivity contribution in [3.05, 3.63) is 0 Å². The molecule has 0 heterocycles. The molecule has 0 saturated carbocycles. The van der Waals surface area contributed by atoms with Gasteiger partial charge in [-0.25, -0.2) is 0 Å². The first-order chi connectivity index (χ1) is 8.31. The summed E-state index contributed by atoms with van der Waals surface area (Å²) >= 11 is 0. The average Bonchev–Trinajstić information content (AvgIpc) is 2.32. The first-order valence-electron chi connectivity index (χ1n) is 7.34. The zero-order valence-corrected chi connectivity index (χ0v) is 12.4. The Kier molecular flexibility index (Phi) is 14.2. The predicted molar refractivity (Wildman–Crippen MR) is 76.3 cm³/mol. The summed E-state index contributed by atoms with van der Waals surface area (Å²) in [5, 5.41) is 8.61. The molecule has 0 aromatic rings. The molecule has 0 rings (SSSR count). The fourth-order valence-corrected chi connectivity index (χ4v) is 3.02. The minimum absolute atomic E-state index is 0.0764. The molecular formula is C14H30O2P. The summed E-state index contributed by atoms with van der Waals surface area (Å²) in [6.07, 6.45) is 14.5. The lowest BCUT2D eigenvalue weighted by molar-refractivity contribution is 0.320. The van der Waals surface area contributed by atoms with Crippen LogP contribution in [0.1, 0.15) is 71.1 Å². The van der Waals surface area contributed by atoms with Crippen LogP contribution in [0.3, 0.4) is 0 Å². The number of rotatable bonds is 13. The van der Waals surface area contributed by atoms with Gasteiger partial charge in [-0.1, -0.05) is 64.7 Å². The third kappa shape index (κ3) is 14.0. The maximum atomic E-state index is 11.3. The van der Waals surface area contributed by atoms with Gasteiger partial charge in [0.15, 0.2) is 0 Å². The second kappa shape index (κ2) is 14.1. The number of hydrogen-bond donors (Lipinski definition) is 1. The monoisotopic (exact) mass is 261 g/mol. The van der Waals surface area contributed by atoms with Gasteiger partial charge >= 0.3 is 0 Å². The highest BCUT2D eigenvalue weighted by Gasteiger charge is 1.99. The van der Waals surface area contributed by atoms with Gasteiger partial charge in [0.1, 0.15) is 0 Å². The van der Waals surface area contributed by atoms with Crippen LogP contribution in [-0.4, -0.2) is 24.0 Å². The van der Waals surface area contributed by atoms with Gasteiger partial charge in [-0.3, -0.25) is 4.57 Å². The van der Waals surface area contributed by atoms with E-state index in [4.69, 9.17) is 5.11 Å². The first kappa shape index (κ1) is 17.1. The summed E-state index contributed by atoms with van der Waals surface area (Å²) in [7, 11) is -1.12. The molecule has 3 heteroatoms. The largest absolute Gasteiger partial charge is 0.396 e. The molecule has 1 N–H and O–H groups in total. The SMILES string of the molecule is CCCCCCCCCCCC[P](=O)CCO. The molecule has 0 fully saturated rings. The fourth-order valence-electron chi connectivity index (χ4n) is 2.00. The van der Waals surface area contributed by atoms with E-state index in [0.717, 1.165) is 12.6 Å². The van der Waals surface area contributed by atoms with Gasteiger partial charge in [-0.05, 0) is 6.42 Å². The molecule has 0 aliphatic heterocycles. The van der Waals surface area contributed by atoms with Gasteiger partial charge in [0.05, 0.1) is 14.4 Å². The molecule has 0 aliphatic rings. The summed E-state index contributed by atoms with van der Waals surface area (Å²) in [6.45, 7) is 2.33. The molecule has 0 amide bonds. The van der Waals surface area contributed by atoms with Crippen LogP contribution in [0.2, 0.25) is 0 Å². The van der Waals surface area contributed by atoms with E-state index >= 15 is 0 Å². The zero-order chi connectivity index (χ0) is 12.8. The average molecular weight is 261 g/mol. The predicted octanol–water partition coefficient (Wildman–Crippen LogP) is 4.73. The van der Waals surface area contributed by atoms with Crippen molar-refractivity contribution >= 4 is 7.80 Å². The van der Waals surface area contributed by atoms with Gasteiger partial charge < -0.3 is 5.11 Å². The molecule has 1 atom stereocenters. The summed E-state index contributed by atoms with van der Waals surface area (Å²) < 4.78 is 11.3. The maximum Gasteiger partial charge on any atom is 0.0741 e. The number of aliphatic hydroxyl groups is 1. The molecule has 2 nitrogen and oxygen atoms in total. The quantitative estimate of drug-likeness (QED) is 0.384. The van der Waals surface area contributed by atoms with Crippen molar-refractivity contribution in [1.82, 2.24) is 0 Å². The van der Waals surface area contributed by atoms with Crippen LogP contribution in [0, 0.1) is 0 Å². The second-order valence-corrected chi connectivity index (χ2v) is 6.69. The number of aliphatic hydroxyl groups excluding tert-OH is 1. The third-order valence-corrected chi connectivity index (χ3v) is 4.62. The highest BCUT2D eigenvalue weighted by molar-refractivity contribution is 7.44. The van der Waals surface area contributed by atoms with E-state index in [1.807, 2.05) is 0 Å². The highest BCUT2D eigenvalue weighted by atomic mass is 31.1. The van der Waals surface area contributed by atoms with Crippen LogP contribution in [-0.2, 0) is 4.57 Å². The summed E-state index contributed by atoms with van der Waals surface area (Å²) in [5.41, 5.74) is 0. The summed E-state index contributed by atoms with van der Waals surface area (Å²) in [5.74, 6) is 0. The lowest BCUT2D eigenvalue weighted by atomic mass is 10.1. The molecule has 17 heavy (non-hydrogen) atoms. The van der Waals surface area contributed by atoms with E-state index in [1.54, 1.807) is 0 Å². The molecule has 0 aromatic heterocycles. The van der Waals surface area contributed by atoms with Crippen LogP contribution in [0.4, 0.5) is 0 Å². The van der Waals surface area contributed by atoms with Crippen LogP contribution in [0.25, 0.3) is 0 Å². The Morgan fingerprint density at radius 3 is 1.71 bits per heavy atom. The molecular weight excluding hydrogens is 231 g/mol. The summed E-state index contributed by atoms with van der Waals surface area (Å²) in [6, 6.07) is 0. The van der Waals surface area contributed by atoms with Crippen LogP contribution in [0.5, 0.6) is 0 Å². The van der Waals surface area contributed by atoms with Gasteiger partial charge in [-0.2, -0.15) is 0 Å². The van der Waals surface area contributed by atoms with E-state index in [9.17, 15) is 4.57 Å². The molecule has 0 aliphatic carbocycles. The third-order valence-electron chi connectivity index (χ3n) is 3.11. The topological polar surface area (TPSA) is 37.3 Å². The van der Waals surface area contributed by atoms with Crippen LogP contribution in [0.15, 0.2) is 0 Å². The van der Waals surface area contributed by atoms with Crippen molar-refractivity contribution in [3.63, 3.8) is 0 Å². The van der Waals surface area contributed by atoms with E-state index in [0.29, 0.717) is 6.16 Å². The van der Waals surface area contributed by atoms with Gasteiger partial charge in [0.25, 0.3) is 0 Å². The van der Waals surface area contributed by atoms with Crippen molar-refractivity contribution in [1.29, 1.82) is 0 Å². The van der Waals surface area contributed by atoms with Crippen molar-refractivity contribution in [3.8, 4) is 0 Å². The van der Waals surface area contributed by atoms with Gasteiger partial charge in [0.2, 0.25) is 0 Å². The fraction of sp³-hybridized carbons (Fsp3) is 1.00. The normalized spacial score (nSPS) is 11.8. The molecule has 103 valence electrons. The zero-order valence-electron chi connectivity index (χ0n) is 11.5. The summed E-state index contributed by atoms with van der Waals surface area (Å²) in [4.78, 5) is 0. The van der Waals surface area contributed by atoms with Crippen molar-refractivity contribution in [2.24, 2.45) is 0 Å². The van der Waals surface area contributed by atoms with E-state index in [2.05, 4.69) is 6.92 Å². The molecule has 0 spiro atoms. The second-order valence-electron chi connectivity index (χ2n) is 4.83. The van der Waals surface area contributed by atoms with E-state index in [-0.39, 0.29) is 6.61 Å². The molecule has 1 radical (unpaired) electrons. The standard InChI is InChI=1S/C14H30O2P/c1-2-3-4-5-6-7-8-9-10-11-13-17(16)14-12-15/h15H,2-14H2,1H3. The minimum atomic E-state index is -1.12. The molecule has 0 saturated heterocycles. The molecule has 0 bridgehead atoms.